The fourth-order valence-corrected chi connectivity index (χ4v) is 1.58. The number of rotatable bonds is 1. The minimum atomic E-state index is -0.306. The van der Waals surface area contributed by atoms with Crippen LogP contribution in [0.5, 0.6) is 0 Å². The highest BCUT2D eigenvalue weighted by atomic mass is 79.9. The van der Waals surface area contributed by atoms with E-state index in [4.69, 9.17) is 0 Å². The molecule has 0 unspecified atom stereocenters. The van der Waals surface area contributed by atoms with Gasteiger partial charge in [0.2, 0.25) is 0 Å². The van der Waals surface area contributed by atoms with Crippen molar-refractivity contribution in [3.05, 3.63) is 33.8 Å². The number of methoxy groups -OCH3 is 1. The molecule has 1 aromatic rings. The molecule has 1 aromatic carbocycles. The summed E-state index contributed by atoms with van der Waals surface area (Å²) in [4.78, 5) is 11.1. The largest absolute Gasteiger partial charge is 0.465 e. The standard InChI is InChI=1S/C9H9BrO2.C2H6/c1-6-3-7(9(11)12-2)5-8(10)4-6;1-2/h3-5H,1-2H3;1-2H3. The van der Waals surface area contributed by atoms with E-state index < -0.39 is 0 Å². The van der Waals surface area contributed by atoms with Gasteiger partial charge < -0.3 is 4.74 Å². The van der Waals surface area contributed by atoms with Crippen LogP contribution in [0.15, 0.2) is 22.7 Å². The van der Waals surface area contributed by atoms with E-state index in [1.54, 1.807) is 12.1 Å². The SMILES string of the molecule is CC.COC(=O)c1cc(C)cc(Br)c1. The van der Waals surface area contributed by atoms with Crippen LogP contribution in [0.3, 0.4) is 0 Å². The molecule has 0 saturated carbocycles. The van der Waals surface area contributed by atoms with E-state index in [2.05, 4.69) is 20.7 Å². The van der Waals surface area contributed by atoms with Crippen LogP contribution in [0.4, 0.5) is 0 Å². The lowest BCUT2D eigenvalue weighted by atomic mass is 10.1. The highest BCUT2D eigenvalue weighted by Crippen LogP contribution is 2.15. The Kier molecular flexibility index (Phi) is 6.21. The van der Waals surface area contributed by atoms with Crippen molar-refractivity contribution in [3.8, 4) is 0 Å². The summed E-state index contributed by atoms with van der Waals surface area (Å²) in [5.74, 6) is -0.306. The summed E-state index contributed by atoms with van der Waals surface area (Å²) in [5, 5.41) is 0. The van der Waals surface area contributed by atoms with Crippen LogP contribution in [0.1, 0.15) is 29.8 Å². The minimum Gasteiger partial charge on any atom is -0.465 e. The fourth-order valence-electron chi connectivity index (χ4n) is 0.972. The summed E-state index contributed by atoms with van der Waals surface area (Å²) in [5.41, 5.74) is 1.61. The molecule has 0 bridgehead atoms. The van der Waals surface area contributed by atoms with Gasteiger partial charge in [0.05, 0.1) is 12.7 Å². The Morgan fingerprint density at radius 3 is 2.29 bits per heavy atom. The first kappa shape index (κ1) is 13.2. The van der Waals surface area contributed by atoms with Gasteiger partial charge in [-0.3, -0.25) is 0 Å². The number of hydrogen-bond donors (Lipinski definition) is 0. The predicted molar refractivity (Wildman–Crippen MR) is 61.6 cm³/mol. The zero-order valence-corrected chi connectivity index (χ0v) is 10.5. The molecule has 0 atom stereocenters. The lowest BCUT2D eigenvalue weighted by Crippen LogP contribution is -2.01. The molecule has 0 aliphatic heterocycles. The van der Waals surface area contributed by atoms with E-state index in [9.17, 15) is 4.79 Å². The Balaban J connectivity index is 0.000000791. The van der Waals surface area contributed by atoms with E-state index >= 15 is 0 Å². The van der Waals surface area contributed by atoms with Crippen LogP contribution in [-0.4, -0.2) is 13.1 Å². The van der Waals surface area contributed by atoms with Crippen molar-refractivity contribution in [2.24, 2.45) is 0 Å². The van der Waals surface area contributed by atoms with Crippen LogP contribution >= 0.6 is 15.9 Å². The van der Waals surface area contributed by atoms with Crippen molar-refractivity contribution in [2.45, 2.75) is 20.8 Å². The maximum absolute atomic E-state index is 11.1. The lowest BCUT2D eigenvalue weighted by Gasteiger charge is -2.01. The number of benzene rings is 1. The Bertz CT molecular complexity index is 288. The van der Waals surface area contributed by atoms with Gasteiger partial charge in [0, 0.05) is 4.47 Å². The first-order valence-corrected chi connectivity index (χ1v) is 5.28. The molecule has 0 aliphatic rings. The summed E-state index contributed by atoms with van der Waals surface area (Å²) >= 11 is 3.30. The maximum Gasteiger partial charge on any atom is 0.337 e. The second kappa shape index (κ2) is 6.60. The number of carbonyl (C=O) groups is 1. The first-order chi connectivity index (χ1) is 6.63. The van der Waals surface area contributed by atoms with Gasteiger partial charge in [-0.15, -0.1) is 0 Å². The monoisotopic (exact) mass is 258 g/mol. The molecule has 0 N–H and O–H groups in total. The topological polar surface area (TPSA) is 26.3 Å². The van der Waals surface area contributed by atoms with Crippen molar-refractivity contribution in [3.63, 3.8) is 0 Å². The number of carbonyl (C=O) groups excluding carboxylic acids is 1. The van der Waals surface area contributed by atoms with Gasteiger partial charge in [-0.1, -0.05) is 29.8 Å². The maximum atomic E-state index is 11.1. The van der Waals surface area contributed by atoms with E-state index in [-0.39, 0.29) is 5.97 Å². The van der Waals surface area contributed by atoms with Crippen molar-refractivity contribution in [1.82, 2.24) is 0 Å². The second-order valence-electron chi connectivity index (χ2n) is 2.51. The van der Waals surface area contributed by atoms with Gasteiger partial charge in [-0.05, 0) is 30.7 Å². The van der Waals surface area contributed by atoms with Gasteiger partial charge in [0.1, 0.15) is 0 Å². The van der Waals surface area contributed by atoms with Crippen LogP contribution in [0.25, 0.3) is 0 Å². The van der Waals surface area contributed by atoms with E-state index in [0.29, 0.717) is 5.56 Å². The second-order valence-corrected chi connectivity index (χ2v) is 3.42. The Morgan fingerprint density at radius 2 is 1.86 bits per heavy atom. The molecule has 78 valence electrons. The van der Waals surface area contributed by atoms with Crippen molar-refractivity contribution >= 4 is 21.9 Å². The number of esters is 1. The molecule has 0 radical (unpaired) electrons. The Hall–Kier alpha value is -0.830. The molecule has 0 saturated heterocycles. The Morgan fingerprint density at radius 1 is 1.29 bits per heavy atom. The summed E-state index contributed by atoms with van der Waals surface area (Å²) in [6, 6.07) is 5.46. The van der Waals surface area contributed by atoms with E-state index in [1.807, 2.05) is 26.8 Å². The van der Waals surface area contributed by atoms with E-state index in [0.717, 1.165) is 10.0 Å². The number of ether oxygens (including phenoxy) is 1. The molecule has 3 heteroatoms. The summed E-state index contributed by atoms with van der Waals surface area (Å²) in [7, 11) is 1.37. The molecule has 0 aliphatic carbocycles. The van der Waals surface area contributed by atoms with E-state index in [1.165, 1.54) is 7.11 Å². The van der Waals surface area contributed by atoms with Gasteiger partial charge in [0.25, 0.3) is 0 Å². The van der Waals surface area contributed by atoms with Gasteiger partial charge in [-0.25, -0.2) is 4.79 Å². The van der Waals surface area contributed by atoms with Gasteiger partial charge in [0.15, 0.2) is 0 Å². The molecule has 0 aromatic heterocycles. The molecule has 1 rings (SSSR count). The fraction of sp³-hybridized carbons (Fsp3) is 0.364. The van der Waals surface area contributed by atoms with Gasteiger partial charge in [-0.2, -0.15) is 0 Å². The van der Waals surface area contributed by atoms with Crippen LogP contribution in [-0.2, 0) is 4.74 Å². The van der Waals surface area contributed by atoms with Crippen LogP contribution in [0.2, 0.25) is 0 Å². The first-order valence-electron chi connectivity index (χ1n) is 4.49. The predicted octanol–water partition coefficient (Wildman–Crippen LogP) is 3.57. The number of halogens is 1. The minimum absolute atomic E-state index is 0.306. The van der Waals surface area contributed by atoms with Gasteiger partial charge >= 0.3 is 5.97 Å². The third-order valence-corrected chi connectivity index (χ3v) is 1.92. The van der Waals surface area contributed by atoms with Crippen molar-refractivity contribution < 1.29 is 9.53 Å². The summed E-state index contributed by atoms with van der Waals surface area (Å²) < 4.78 is 5.48. The molecule has 0 amide bonds. The van der Waals surface area contributed by atoms with Crippen molar-refractivity contribution in [2.75, 3.05) is 7.11 Å². The molecular formula is C11H15BrO2. The number of aryl methyl sites for hydroxylation is 1. The lowest BCUT2D eigenvalue weighted by molar-refractivity contribution is 0.0600. The smallest absolute Gasteiger partial charge is 0.337 e. The molecule has 0 spiro atoms. The third kappa shape index (κ3) is 3.92. The number of hydrogen-bond acceptors (Lipinski definition) is 2. The highest BCUT2D eigenvalue weighted by molar-refractivity contribution is 9.10. The average Bonchev–Trinajstić information content (AvgIpc) is 2.18. The average molecular weight is 259 g/mol. The highest BCUT2D eigenvalue weighted by Gasteiger charge is 2.05. The normalized spacial score (nSPS) is 8.64. The zero-order valence-electron chi connectivity index (χ0n) is 8.93. The molecule has 0 fully saturated rings. The summed E-state index contributed by atoms with van der Waals surface area (Å²) in [6.45, 7) is 5.93. The zero-order chi connectivity index (χ0) is 11.1. The molecule has 14 heavy (non-hydrogen) atoms. The quantitative estimate of drug-likeness (QED) is 0.720. The summed E-state index contributed by atoms with van der Waals surface area (Å²) in [6.07, 6.45) is 0. The van der Waals surface area contributed by atoms with Crippen LogP contribution in [0, 0.1) is 6.92 Å². The molecule has 2 nitrogen and oxygen atoms in total. The third-order valence-electron chi connectivity index (χ3n) is 1.46. The molecular weight excluding hydrogens is 244 g/mol. The molecule has 0 heterocycles. The van der Waals surface area contributed by atoms with Crippen LogP contribution < -0.4 is 0 Å². The Labute approximate surface area is 93.4 Å². The van der Waals surface area contributed by atoms with Crippen molar-refractivity contribution in [1.29, 1.82) is 0 Å².